The van der Waals surface area contributed by atoms with Crippen molar-refractivity contribution in [3.63, 3.8) is 0 Å². The fourth-order valence-corrected chi connectivity index (χ4v) is 3.18. The third-order valence-corrected chi connectivity index (χ3v) is 4.24. The predicted molar refractivity (Wildman–Crippen MR) is 81.1 cm³/mol. The fraction of sp³-hybridized carbons (Fsp3) is 0.625. The van der Waals surface area contributed by atoms with Gasteiger partial charge in [-0.15, -0.1) is 0 Å². The van der Waals surface area contributed by atoms with Crippen molar-refractivity contribution in [1.82, 2.24) is 5.32 Å². The van der Waals surface area contributed by atoms with Crippen LogP contribution >= 0.6 is 11.6 Å². The molecule has 1 unspecified atom stereocenters. The molecule has 1 fully saturated rings. The summed E-state index contributed by atoms with van der Waals surface area (Å²) in [5.41, 5.74) is 1.16. The topological polar surface area (TPSA) is 21.3 Å². The molecule has 106 valence electrons. The second-order valence-electron chi connectivity index (χ2n) is 5.45. The Morgan fingerprint density at radius 3 is 2.74 bits per heavy atom. The Balaban J connectivity index is 1.93. The van der Waals surface area contributed by atoms with Gasteiger partial charge in [-0.25, -0.2) is 0 Å². The summed E-state index contributed by atoms with van der Waals surface area (Å²) in [4.78, 5) is 0. The van der Waals surface area contributed by atoms with Crippen LogP contribution in [0.15, 0.2) is 18.2 Å². The zero-order valence-corrected chi connectivity index (χ0v) is 12.7. The van der Waals surface area contributed by atoms with Crippen LogP contribution in [-0.2, 0) is 0 Å². The largest absolute Gasteiger partial charge is 0.490 e. The van der Waals surface area contributed by atoms with Crippen LogP contribution in [0.2, 0.25) is 5.02 Å². The fourth-order valence-electron chi connectivity index (χ4n) is 2.89. The summed E-state index contributed by atoms with van der Waals surface area (Å²) in [6.45, 7) is 5.89. The zero-order chi connectivity index (χ0) is 13.7. The maximum absolute atomic E-state index is 6.20. The van der Waals surface area contributed by atoms with Gasteiger partial charge in [0, 0.05) is 6.04 Å². The van der Waals surface area contributed by atoms with Gasteiger partial charge in [-0.1, -0.05) is 37.4 Å². The summed E-state index contributed by atoms with van der Waals surface area (Å²) >= 11 is 6.20. The van der Waals surface area contributed by atoms with E-state index < -0.39 is 0 Å². The van der Waals surface area contributed by atoms with Crippen LogP contribution in [-0.4, -0.2) is 19.2 Å². The van der Waals surface area contributed by atoms with E-state index in [-0.39, 0.29) is 0 Å². The lowest BCUT2D eigenvalue weighted by molar-refractivity contribution is 0.219. The molecule has 1 atom stereocenters. The minimum atomic E-state index is 0.449. The van der Waals surface area contributed by atoms with E-state index in [1.807, 2.05) is 25.1 Å². The number of benzene rings is 1. The Morgan fingerprint density at radius 2 is 2.11 bits per heavy atom. The van der Waals surface area contributed by atoms with Crippen LogP contribution in [0.25, 0.3) is 0 Å². The van der Waals surface area contributed by atoms with Crippen molar-refractivity contribution in [2.24, 2.45) is 5.92 Å². The second kappa shape index (κ2) is 7.16. The highest BCUT2D eigenvalue weighted by molar-refractivity contribution is 6.32. The van der Waals surface area contributed by atoms with E-state index in [1.54, 1.807) is 0 Å². The molecular formula is C16H24ClNO. The van der Waals surface area contributed by atoms with Crippen molar-refractivity contribution < 1.29 is 4.74 Å². The minimum absolute atomic E-state index is 0.449. The molecule has 0 heterocycles. The molecule has 1 aliphatic rings. The monoisotopic (exact) mass is 281 g/mol. The maximum atomic E-state index is 6.20. The first-order valence-electron chi connectivity index (χ1n) is 7.33. The van der Waals surface area contributed by atoms with Crippen LogP contribution in [0.4, 0.5) is 0 Å². The van der Waals surface area contributed by atoms with Crippen molar-refractivity contribution in [2.75, 3.05) is 13.2 Å². The van der Waals surface area contributed by atoms with Gasteiger partial charge in [0.15, 0.2) is 0 Å². The highest BCUT2D eigenvalue weighted by Gasteiger charge is 2.24. The Labute approximate surface area is 121 Å². The average molecular weight is 282 g/mol. The number of halogens is 1. The molecule has 3 heteroatoms. The van der Waals surface area contributed by atoms with Crippen molar-refractivity contribution in [3.05, 3.63) is 28.8 Å². The minimum Gasteiger partial charge on any atom is -0.490 e. The Kier molecular flexibility index (Phi) is 5.53. The van der Waals surface area contributed by atoms with Gasteiger partial charge in [0.2, 0.25) is 0 Å². The van der Waals surface area contributed by atoms with Gasteiger partial charge in [-0.05, 0) is 49.9 Å². The van der Waals surface area contributed by atoms with E-state index in [0.29, 0.717) is 17.7 Å². The second-order valence-corrected chi connectivity index (χ2v) is 5.86. The lowest BCUT2D eigenvalue weighted by Gasteiger charge is -2.24. The van der Waals surface area contributed by atoms with E-state index >= 15 is 0 Å². The molecule has 2 nitrogen and oxygen atoms in total. The average Bonchev–Trinajstić information content (AvgIpc) is 2.90. The Morgan fingerprint density at radius 1 is 1.37 bits per heavy atom. The quantitative estimate of drug-likeness (QED) is 0.844. The highest BCUT2D eigenvalue weighted by atomic mass is 35.5. The molecular weight excluding hydrogens is 258 g/mol. The number of nitrogens with one attached hydrogen (secondary N) is 1. The zero-order valence-electron chi connectivity index (χ0n) is 11.9. The third-order valence-electron chi connectivity index (χ3n) is 3.94. The summed E-state index contributed by atoms with van der Waals surface area (Å²) in [6.07, 6.45) is 5.36. The molecule has 2 rings (SSSR count). The van der Waals surface area contributed by atoms with Crippen molar-refractivity contribution in [2.45, 2.75) is 45.6 Å². The smallest absolute Gasteiger partial charge is 0.137 e. The number of rotatable bonds is 6. The van der Waals surface area contributed by atoms with E-state index in [2.05, 4.69) is 12.2 Å². The normalized spacial score (nSPS) is 17.6. The number of hydrogen-bond acceptors (Lipinski definition) is 2. The van der Waals surface area contributed by atoms with Crippen LogP contribution < -0.4 is 10.1 Å². The van der Waals surface area contributed by atoms with Gasteiger partial charge in [0.1, 0.15) is 12.4 Å². The molecule has 1 saturated carbocycles. The molecule has 1 aromatic carbocycles. The molecule has 0 radical (unpaired) electrons. The van der Waals surface area contributed by atoms with E-state index in [9.17, 15) is 0 Å². The van der Waals surface area contributed by atoms with Crippen LogP contribution in [0.3, 0.4) is 0 Å². The lowest BCUT2D eigenvalue weighted by atomic mass is 9.99. The Hall–Kier alpha value is -0.730. The molecule has 0 aliphatic heterocycles. The van der Waals surface area contributed by atoms with E-state index in [1.165, 1.54) is 25.7 Å². The first kappa shape index (κ1) is 14.7. The van der Waals surface area contributed by atoms with Gasteiger partial charge in [-0.3, -0.25) is 0 Å². The van der Waals surface area contributed by atoms with Crippen LogP contribution in [0, 0.1) is 12.8 Å². The number of aryl methyl sites for hydroxylation is 1. The summed E-state index contributed by atoms with van der Waals surface area (Å²) < 4.78 is 5.92. The standard InChI is InChI=1S/C16H24ClNO/c1-3-18-15(13-6-4-5-7-13)11-19-16-9-8-12(2)10-14(16)17/h8-10,13,15,18H,3-7,11H2,1-2H3. The molecule has 0 aromatic heterocycles. The summed E-state index contributed by atoms with van der Waals surface area (Å²) in [5.74, 6) is 1.55. The molecule has 0 bridgehead atoms. The third kappa shape index (κ3) is 4.12. The summed E-state index contributed by atoms with van der Waals surface area (Å²) in [7, 11) is 0. The van der Waals surface area contributed by atoms with Crippen LogP contribution in [0.1, 0.15) is 38.2 Å². The molecule has 1 aliphatic carbocycles. The first-order chi connectivity index (χ1) is 9.20. The maximum Gasteiger partial charge on any atom is 0.137 e. The van der Waals surface area contributed by atoms with Gasteiger partial charge >= 0.3 is 0 Å². The van der Waals surface area contributed by atoms with Gasteiger partial charge in [-0.2, -0.15) is 0 Å². The lowest BCUT2D eigenvalue weighted by Crippen LogP contribution is -2.40. The van der Waals surface area contributed by atoms with Gasteiger partial charge in [0.25, 0.3) is 0 Å². The number of hydrogen-bond donors (Lipinski definition) is 1. The summed E-state index contributed by atoms with van der Waals surface area (Å²) in [6, 6.07) is 6.41. The molecule has 0 saturated heterocycles. The number of ether oxygens (including phenoxy) is 1. The Bertz CT molecular complexity index is 402. The molecule has 1 N–H and O–H groups in total. The first-order valence-corrected chi connectivity index (χ1v) is 7.71. The highest BCUT2D eigenvalue weighted by Crippen LogP contribution is 2.29. The van der Waals surface area contributed by atoms with Crippen LogP contribution in [0.5, 0.6) is 5.75 Å². The van der Waals surface area contributed by atoms with Crippen molar-refractivity contribution in [1.29, 1.82) is 0 Å². The van der Waals surface area contributed by atoms with Gasteiger partial charge < -0.3 is 10.1 Å². The predicted octanol–water partition coefficient (Wildman–Crippen LogP) is 4.20. The SMILES string of the molecule is CCNC(COc1ccc(C)cc1Cl)C1CCCC1. The molecule has 19 heavy (non-hydrogen) atoms. The molecule has 1 aromatic rings. The summed E-state index contributed by atoms with van der Waals surface area (Å²) in [5, 5.41) is 4.27. The van der Waals surface area contributed by atoms with Crippen molar-refractivity contribution >= 4 is 11.6 Å². The van der Waals surface area contributed by atoms with Gasteiger partial charge in [0.05, 0.1) is 5.02 Å². The molecule has 0 amide bonds. The number of likely N-dealkylation sites (N-methyl/N-ethyl adjacent to an activating group) is 1. The van der Waals surface area contributed by atoms with Crippen molar-refractivity contribution in [3.8, 4) is 5.75 Å². The molecule has 0 spiro atoms. The van der Waals surface area contributed by atoms with E-state index in [4.69, 9.17) is 16.3 Å². The van der Waals surface area contributed by atoms with E-state index in [0.717, 1.165) is 23.8 Å².